The molecule has 0 atom stereocenters. The Kier molecular flexibility index (Phi) is 5.70. The lowest BCUT2D eigenvalue weighted by molar-refractivity contribution is 0.102. The number of ether oxygens (including phenoxy) is 3. The van der Waals surface area contributed by atoms with Gasteiger partial charge in [0.25, 0.3) is 5.91 Å². The molecule has 1 aliphatic heterocycles. The van der Waals surface area contributed by atoms with Gasteiger partial charge in [-0.1, -0.05) is 12.1 Å². The van der Waals surface area contributed by atoms with E-state index < -0.39 is 0 Å². The SMILES string of the molecule is CCOc1nc(-c2ccc3c(c2)OCO3)n(-c2ccc(NC(=O)c3ccccc3Br)cc2)n1. The first-order valence-corrected chi connectivity index (χ1v) is 11.1. The third-order valence-electron chi connectivity index (χ3n) is 4.98. The van der Waals surface area contributed by atoms with Crippen LogP contribution in [0, 0.1) is 0 Å². The molecule has 166 valence electrons. The lowest BCUT2D eigenvalue weighted by Gasteiger charge is -2.09. The molecule has 0 radical (unpaired) electrons. The Labute approximate surface area is 198 Å². The second kappa shape index (κ2) is 8.95. The molecule has 5 rings (SSSR count). The van der Waals surface area contributed by atoms with Gasteiger partial charge in [0.1, 0.15) is 0 Å². The van der Waals surface area contributed by atoms with Gasteiger partial charge in [0.05, 0.1) is 17.9 Å². The molecule has 1 N–H and O–H groups in total. The van der Waals surface area contributed by atoms with Crippen molar-refractivity contribution >= 4 is 27.5 Å². The number of benzene rings is 3. The predicted octanol–water partition coefficient (Wildman–Crippen LogP) is 5.08. The van der Waals surface area contributed by atoms with E-state index in [-0.39, 0.29) is 18.7 Å². The van der Waals surface area contributed by atoms with Crippen molar-refractivity contribution in [2.75, 3.05) is 18.7 Å². The number of aromatic nitrogens is 3. The highest BCUT2D eigenvalue weighted by atomic mass is 79.9. The largest absolute Gasteiger partial charge is 0.463 e. The Morgan fingerprint density at radius 2 is 1.88 bits per heavy atom. The molecular formula is C24H19BrN4O4. The number of halogens is 1. The van der Waals surface area contributed by atoms with Crippen molar-refractivity contribution in [3.8, 4) is 34.6 Å². The normalized spacial score (nSPS) is 11.9. The van der Waals surface area contributed by atoms with Crippen LogP contribution in [0.1, 0.15) is 17.3 Å². The second-order valence-corrected chi connectivity index (χ2v) is 7.97. The summed E-state index contributed by atoms with van der Waals surface area (Å²) in [7, 11) is 0. The molecular weight excluding hydrogens is 488 g/mol. The molecule has 0 bridgehead atoms. The van der Waals surface area contributed by atoms with Gasteiger partial charge in [-0.05, 0) is 77.5 Å². The van der Waals surface area contributed by atoms with Gasteiger partial charge < -0.3 is 19.5 Å². The highest BCUT2D eigenvalue weighted by molar-refractivity contribution is 9.10. The third-order valence-corrected chi connectivity index (χ3v) is 5.67. The van der Waals surface area contributed by atoms with Crippen molar-refractivity contribution in [2.45, 2.75) is 6.92 Å². The smallest absolute Gasteiger partial charge is 0.336 e. The predicted molar refractivity (Wildman–Crippen MR) is 126 cm³/mol. The number of rotatable bonds is 6. The molecule has 0 fully saturated rings. The average Bonchev–Trinajstić information content (AvgIpc) is 3.46. The summed E-state index contributed by atoms with van der Waals surface area (Å²) in [5.74, 6) is 1.75. The standard InChI is InChI=1S/C24H19BrN4O4/c1-2-31-24-27-22(15-7-12-20-21(13-15)33-14-32-20)29(28-24)17-10-8-16(9-11-17)26-23(30)18-5-3-4-6-19(18)25/h3-13H,2,14H2,1H3,(H,26,30). The highest BCUT2D eigenvalue weighted by Crippen LogP contribution is 2.36. The van der Waals surface area contributed by atoms with Gasteiger partial charge in [0, 0.05) is 15.7 Å². The average molecular weight is 507 g/mol. The van der Waals surface area contributed by atoms with Crippen molar-refractivity contribution in [1.29, 1.82) is 0 Å². The molecule has 0 spiro atoms. The van der Waals surface area contributed by atoms with Gasteiger partial charge in [-0.25, -0.2) is 4.68 Å². The molecule has 33 heavy (non-hydrogen) atoms. The van der Waals surface area contributed by atoms with Gasteiger partial charge in [0.2, 0.25) is 6.79 Å². The molecule has 8 nitrogen and oxygen atoms in total. The Balaban J connectivity index is 1.44. The lowest BCUT2D eigenvalue weighted by atomic mass is 10.2. The number of anilines is 1. The fourth-order valence-corrected chi connectivity index (χ4v) is 3.88. The van der Waals surface area contributed by atoms with Gasteiger partial charge in [-0.15, -0.1) is 5.10 Å². The van der Waals surface area contributed by atoms with Crippen molar-refractivity contribution < 1.29 is 19.0 Å². The number of nitrogens with one attached hydrogen (secondary N) is 1. The Morgan fingerprint density at radius 3 is 2.67 bits per heavy atom. The van der Waals surface area contributed by atoms with Crippen molar-refractivity contribution in [3.05, 3.63) is 76.8 Å². The number of fused-ring (bicyclic) bond motifs is 1. The van der Waals surface area contributed by atoms with Crippen LogP contribution in [0.3, 0.4) is 0 Å². The minimum absolute atomic E-state index is 0.197. The van der Waals surface area contributed by atoms with Crippen molar-refractivity contribution in [1.82, 2.24) is 14.8 Å². The molecule has 9 heteroatoms. The molecule has 3 aromatic carbocycles. The highest BCUT2D eigenvalue weighted by Gasteiger charge is 2.19. The summed E-state index contributed by atoms with van der Waals surface area (Å²) in [5, 5.41) is 7.42. The van der Waals surface area contributed by atoms with Crippen LogP contribution in [-0.2, 0) is 0 Å². The number of carbonyl (C=O) groups is 1. The molecule has 1 aromatic heterocycles. The van der Waals surface area contributed by atoms with E-state index in [2.05, 4.69) is 31.3 Å². The van der Waals surface area contributed by atoms with Crippen molar-refractivity contribution in [3.63, 3.8) is 0 Å². The summed E-state index contributed by atoms with van der Waals surface area (Å²) in [5.41, 5.74) is 2.79. The van der Waals surface area contributed by atoms with Crippen LogP contribution in [0.4, 0.5) is 5.69 Å². The van der Waals surface area contributed by atoms with Gasteiger partial charge in [-0.2, -0.15) is 4.98 Å². The fraction of sp³-hybridized carbons (Fsp3) is 0.125. The van der Waals surface area contributed by atoms with E-state index in [9.17, 15) is 4.79 Å². The van der Waals surface area contributed by atoms with Crippen LogP contribution >= 0.6 is 15.9 Å². The fourth-order valence-electron chi connectivity index (χ4n) is 3.42. The molecule has 0 saturated heterocycles. The maximum Gasteiger partial charge on any atom is 0.336 e. The zero-order valence-electron chi connectivity index (χ0n) is 17.6. The topological polar surface area (TPSA) is 87.5 Å². The maximum absolute atomic E-state index is 12.6. The van der Waals surface area contributed by atoms with Crippen molar-refractivity contribution in [2.24, 2.45) is 0 Å². The summed E-state index contributed by atoms with van der Waals surface area (Å²) in [6.45, 7) is 2.52. The van der Waals surface area contributed by atoms with Crippen LogP contribution in [0.2, 0.25) is 0 Å². The van der Waals surface area contributed by atoms with Crippen LogP contribution in [0.5, 0.6) is 17.5 Å². The van der Waals surface area contributed by atoms with Crippen LogP contribution in [0.25, 0.3) is 17.1 Å². The monoisotopic (exact) mass is 506 g/mol. The van der Waals surface area contributed by atoms with Gasteiger partial charge in [0.15, 0.2) is 17.3 Å². The zero-order chi connectivity index (χ0) is 22.8. The number of hydrogen-bond donors (Lipinski definition) is 1. The molecule has 1 aliphatic rings. The molecule has 1 amide bonds. The van der Waals surface area contributed by atoms with E-state index in [4.69, 9.17) is 14.2 Å². The summed E-state index contributed by atoms with van der Waals surface area (Å²) >= 11 is 3.41. The molecule has 0 unspecified atom stereocenters. The van der Waals surface area contributed by atoms with Crippen LogP contribution in [-0.4, -0.2) is 34.1 Å². The quantitative estimate of drug-likeness (QED) is 0.392. The van der Waals surface area contributed by atoms with Gasteiger partial charge >= 0.3 is 6.01 Å². The first kappa shape index (κ1) is 21.0. The Morgan fingerprint density at radius 1 is 1.09 bits per heavy atom. The third kappa shape index (κ3) is 4.27. The molecule has 4 aromatic rings. The Bertz CT molecular complexity index is 1320. The number of hydrogen-bond acceptors (Lipinski definition) is 6. The van der Waals surface area contributed by atoms with E-state index in [0.717, 1.165) is 15.7 Å². The molecule has 2 heterocycles. The minimum atomic E-state index is -0.198. The lowest BCUT2D eigenvalue weighted by Crippen LogP contribution is -2.12. The van der Waals surface area contributed by atoms with Gasteiger partial charge in [-0.3, -0.25) is 4.79 Å². The molecule has 0 saturated carbocycles. The number of amides is 1. The minimum Gasteiger partial charge on any atom is -0.463 e. The summed E-state index contributed by atoms with van der Waals surface area (Å²) in [6, 6.07) is 20.5. The number of carbonyl (C=O) groups excluding carboxylic acids is 1. The molecule has 0 aliphatic carbocycles. The summed E-state index contributed by atoms with van der Waals surface area (Å²) < 4.78 is 18.9. The summed E-state index contributed by atoms with van der Waals surface area (Å²) in [6.07, 6.45) is 0. The van der Waals surface area contributed by atoms with E-state index in [1.807, 2.05) is 67.6 Å². The first-order chi connectivity index (χ1) is 16.1. The zero-order valence-corrected chi connectivity index (χ0v) is 19.2. The Hall–Kier alpha value is -3.85. The first-order valence-electron chi connectivity index (χ1n) is 10.3. The summed E-state index contributed by atoms with van der Waals surface area (Å²) in [4.78, 5) is 17.1. The van der Waals surface area contributed by atoms with E-state index in [1.54, 1.807) is 10.7 Å². The van der Waals surface area contributed by atoms with Crippen LogP contribution < -0.4 is 19.5 Å². The van der Waals surface area contributed by atoms with E-state index in [1.165, 1.54) is 0 Å². The van der Waals surface area contributed by atoms with E-state index >= 15 is 0 Å². The number of nitrogens with zero attached hydrogens (tertiary/aromatic N) is 3. The van der Waals surface area contributed by atoms with Crippen LogP contribution in [0.15, 0.2) is 71.2 Å². The maximum atomic E-state index is 12.6. The second-order valence-electron chi connectivity index (χ2n) is 7.11. The van der Waals surface area contributed by atoms with E-state index in [0.29, 0.717) is 35.2 Å².